The molecule has 0 saturated heterocycles. The Bertz CT molecular complexity index is 1360. The molecule has 2 amide bonds. The van der Waals surface area contributed by atoms with Crippen LogP contribution in [-0.4, -0.2) is 42.9 Å². The van der Waals surface area contributed by atoms with Gasteiger partial charge in [-0.1, -0.05) is 5.21 Å². The summed E-state index contributed by atoms with van der Waals surface area (Å²) in [4.78, 5) is 32.2. The number of aryl methyl sites for hydroxylation is 1. The molecule has 37 heavy (non-hydrogen) atoms. The normalized spacial score (nSPS) is 20.7. The number of halogens is 4. The van der Waals surface area contributed by atoms with E-state index < -0.39 is 47.6 Å². The quantitative estimate of drug-likeness (QED) is 0.356. The van der Waals surface area contributed by atoms with Crippen molar-refractivity contribution in [3.63, 3.8) is 0 Å². The monoisotopic (exact) mass is 519 g/mol. The zero-order valence-electron chi connectivity index (χ0n) is 19.6. The van der Waals surface area contributed by atoms with Gasteiger partial charge in [-0.05, 0) is 43.9 Å². The molecule has 2 saturated carbocycles. The van der Waals surface area contributed by atoms with Gasteiger partial charge >= 0.3 is 6.09 Å². The predicted octanol–water partition coefficient (Wildman–Crippen LogP) is 4.09. The van der Waals surface area contributed by atoms with Gasteiger partial charge in [0.05, 0.1) is 29.3 Å². The average Bonchev–Trinajstić information content (AvgIpc) is 3.73. The molecule has 3 atom stereocenters. The molecular formula is C23H21F4N7O3. The third-order valence-corrected chi connectivity index (χ3v) is 6.40. The number of hydrogen-bond acceptors (Lipinski definition) is 7. The molecule has 0 spiro atoms. The van der Waals surface area contributed by atoms with Crippen LogP contribution in [0, 0.1) is 29.5 Å². The van der Waals surface area contributed by atoms with Gasteiger partial charge in [-0.25, -0.2) is 27.6 Å². The summed E-state index contributed by atoms with van der Waals surface area (Å²) in [5.41, 5.74) is 0.377. The fraction of sp³-hybridized carbons (Fsp3) is 0.391. The summed E-state index contributed by atoms with van der Waals surface area (Å²) in [5.74, 6) is -7.73. The molecular weight excluding hydrogens is 498 g/mol. The van der Waals surface area contributed by atoms with Gasteiger partial charge in [0.1, 0.15) is 17.8 Å². The first kappa shape index (κ1) is 24.6. The van der Waals surface area contributed by atoms with Crippen LogP contribution in [0.15, 0.2) is 30.6 Å². The number of alkyl halides is 2. The standard InChI is InChI=1S/C23H21F4N7O3/c1-10(14-7-12(24)8-29-19(14)25)37-22(36)31-20-18(32-33-34(20)2)15-6-5-13(9-28-15)30-21(35)17-16(11-3-4-11)23(17,26)27/h5-11,16-17H,3-4H2,1-2H3,(H,30,35)(H,31,36)/t10-,16?,17?/m1/s1. The van der Waals surface area contributed by atoms with Crippen molar-refractivity contribution in [1.82, 2.24) is 25.0 Å². The van der Waals surface area contributed by atoms with Gasteiger partial charge in [-0.3, -0.25) is 15.1 Å². The van der Waals surface area contributed by atoms with E-state index in [1.165, 1.54) is 37.0 Å². The van der Waals surface area contributed by atoms with E-state index in [0.29, 0.717) is 6.20 Å². The van der Waals surface area contributed by atoms with Gasteiger partial charge in [-0.2, -0.15) is 4.39 Å². The lowest BCUT2D eigenvalue weighted by atomic mass is 10.2. The third-order valence-electron chi connectivity index (χ3n) is 6.40. The van der Waals surface area contributed by atoms with Crippen molar-refractivity contribution in [2.75, 3.05) is 10.6 Å². The summed E-state index contributed by atoms with van der Waals surface area (Å²) in [5, 5.41) is 12.7. The Morgan fingerprint density at radius 2 is 1.92 bits per heavy atom. The van der Waals surface area contributed by atoms with Crippen molar-refractivity contribution >= 4 is 23.5 Å². The minimum atomic E-state index is -2.98. The second-order valence-corrected chi connectivity index (χ2v) is 9.05. The van der Waals surface area contributed by atoms with E-state index in [1.807, 2.05) is 0 Å². The molecule has 5 rings (SSSR count). The van der Waals surface area contributed by atoms with Gasteiger partial charge in [0.15, 0.2) is 11.5 Å². The molecule has 194 valence electrons. The lowest BCUT2D eigenvalue weighted by Crippen LogP contribution is -2.19. The Morgan fingerprint density at radius 3 is 2.59 bits per heavy atom. The Balaban J connectivity index is 1.24. The Kier molecular flexibility index (Phi) is 6.04. The van der Waals surface area contributed by atoms with Crippen molar-refractivity contribution in [1.29, 1.82) is 0 Å². The Hall–Kier alpha value is -4.10. The second kappa shape index (κ2) is 9.09. The van der Waals surface area contributed by atoms with Crippen LogP contribution in [0.1, 0.15) is 31.4 Å². The number of ether oxygens (including phenoxy) is 1. The molecule has 10 nitrogen and oxygen atoms in total. The fourth-order valence-corrected chi connectivity index (χ4v) is 4.30. The summed E-state index contributed by atoms with van der Waals surface area (Å²) >= 11 is 0. The van der Waals surface area contributed by atoms with Gasteiger partial charge in [0.2, 0.25) is 11.9 Å². The minimum absolute atomic E-state index is 0.0872. The van der Waals surface area contributed by atoms with E-state index in [-0.39, 0.29) is 34.4 Å². The first-order valence-corrected chi connectivity index (χ1v) is 11.4. The smallest absolute Gasteiger partial charge is 0.413 e. The van der Waals surface area contributed by atoms with Crippen LogP contribution in [0.3, 0.4) is 0 Å². The number of amides is 2. The van der Waals surface area contributed by atoms with Crippen molar-refractivity contribution in [3.05, 3.63) is 47.9 Å². The number of rotatable bonds is 7. The second-order valence-electron chi connectivity index (χ2n) is 9.05. The number of anilines is 2. The maximum absolute atomic E-state index is 14.0. The number of carbonyl (C=O) groups excluding carboxylic acids is 2. The van der Waals surface area contributed by atoms with Gasteiger partial charge in [-0.15, -0.1) is 5.10 Å². The highest BCUT2D eigenvalue weighted by molar-refractivity contribution is 5.96. The molecule has 2 aliphatic carbocycles. The molecule has 0 aromatic carbocycles. The number of nitrogens with one attached hydrogen (secondary N) is 2. The molecule has 3 heterocycles. The summed E-state index contributed by atoms with van der Waals surface area (Å²) < 4.78 is 61.6. The zero-order valence-corrected chi connectivity index (χ0v) is 19.6. The number of aromatic nitrogens is 5. The van der Waals surface area contributed by atoms with Crippen molar-refractivity contribution < 1.29 is 31.9 Å². The van der Waals surface area contributed by atoms with Crippen molar-refractivity contribution in [2.24, 2.45) is 24.8 Å². The number of carbonyl (C=O) groups is 2. The van der Waals surface area contributed by atoms with Gasteiger partial charge in [0, 0.05) is 13.0 Å². The van der Waals surface area contributed by atoms with Crippen LogP contribution in [0.2, 0.25) is 0 Å². The summed E-state index contributed by atoms with van der Waals surface area (Å²) in [6.07, 6.45) is 1.27. The van der Waals surface area contributed by atoms with E-state index >= 15 is 0 Å². The molecule has 3 aromatic rings. The first-order chi connectivity index (χ1) is 17.6. The molecule has 2 N–H and O–H groups in total. The molecule has 3 aromatic heterocycles. The van der Waals surface area contributed by atoms with Crippen LogP contribution in [0.25, 0.3) is 11.4 Å². The maximum atomic E-state index is 14.0. The lowest BCUT2D eigenvalue weighted by Gasteiger charge is -2.15. The molecule has 2 unspecified atom stereocenters. The number of nitrogens with zero attached hydrogens (tertiary/aromatic N) is 5. The SMILES string of the molecule is C[C@@H](OC(=O)Nc1c(-c2ccc(NC(=O)C3C(C4CC4)C3(F)F)cn2)nnn1C)c1cc(F)cnc1F. The molecule has 2 fully saturated rings. The Labute approximate surface area is 207 Å². The molecule has 0 bridgehead atoms. The summed E-state index contributed by atoms with van der Waals surface area (Å²) in [7, 11) is 1.49. The van der Waals surface area contributed by atoms with E-state index in [0.717, 1.165) is 18.9 Å². The van der Waals surface area contributed by atoms with Crippen LogP contribution >= 0.6 is 0 Å². The van der Waals surface area contributed by atoms with E-state index in [4.69, 9.17) is 4.74 Å². The van der Waals surface area contributed by atoms with E-state index in [9.17, 15) is 27.2 Å². The minimum Gasteiger partial charge on any atom is -0.441 e. The van der Waals surface area contributed by atoms with Crippen LogP contribution in [-0.2, 0) is 16.6 Å². The molecule has 0 aliphatic heterocycles. The van der Waals surface area contributed by atoms with Crippen LogP contribution < -0.4 is 10.6 Å². The van der Waals surface area contributed by atoms with E-state index in [2.05, 4.69) is 30.9 Å². The van der Waals surface area contributed by atoms with Crippen molar-refractivity contribution in [3.8, 4) is 11.4 Å². The first-order valence-electron chi connectivity index (χ1n) is 11.4. The van der Waals surface area contributed by atoms with E-state index in [1.54, 1.807) is 0 Å². The highest BCUT2D eigenvalue weighted by Crippen LogP contribution is 2.64. The molecule has 0 radical (unpaired) electrons. The Morgan fingerprint density at radius 1 is 1.16 bits per heavy atom. The molecule has 2 aliphatic rings. The topological polar surface area (TPSA) is 124 Å². The molecule has 14 heteroatoms. The fourth-order valence-electron chi connectivity index (χ4n) is 4.30. The lowest BCUT2D eigenvalue weighted by molar-refractivity contribution is -0.119. The number of hydrogen-bond donors (Lipinski definition) is 2. The van der Waals surface area contributed by atoms with Crippen LogP contribution in [0.5, 0.6) is 0 Å². The predicted molar refractivity (Wildman–Crippen MR) is 120 cm³/mol. The summed E-state index contributed by atoms with van der Waals surface area (Å²) in [6.45, 7) is 1.35. The van der Waals surface area contributed by atoms with Crippen molar-refractivity contribution in [2.45, 2.75) is 31.8 Å². The van der Waals surface area contributed by atoms with Gasteiger partial charge < -0.3 is 10.1 Å². The third kappa shape index (κ3) is 4.82. The zero-order chi connectivity index (χ0) is 26.5. The summed E-state index contributed by atoms with van der Waals surface area (Å²) in [6, 6.07) is 3.81. The maximum Gasteiger partial charge on any atom is 0.413 e. The number of pyridine rings is 2. The van der Waals surface area contributed by atoms with Crippen LogP contribution in [0.4, 0.5) is 33.9 Å². The largest absolute Gasteiger partial charge is 0.441 e. The highest BCUT2D eigenvalue weighted by atomic mass is 19.3. The highest BCUT2D eigenvalue weighted by Gasteiger charge is 2.75. The average molecular weight is 519 g/mol. The van der Waals surface area contributed by atoms with Gasteiger partial charge in [0.25, 0.3) is 5.92 Å².